The molecule has 13 aromatic rings. The summed E-state index contributed by atoms with van der Waals surface area (Å²) in [5.41, 5.74) is 13.1. The Labute approximate surface area is 361 Å². The molecule has 0 amide bonds. The number of para-hydroxylation sites is 5. The number of furan rings is 1. The Morgan fingerprint density at radius 2 is 0.794 bits per heavy atom. The molecule has 0 bridgehead atoms. The quantitative estimate of drug-likeness (QED) is 0.168. The summed E-state index contributed by atoms with van der Waals surface area (Å²) in [6, 6.07) is 74.2. The maximum absolute atomic E-state index is 7.14. The van der Waals surface area contributed by atoms with Crippen molar-refractivity contribution in [2.24, 2.45) is 0 Å². The highest BCUT2D eigenvalue weighted by Gasteiger charge is 2.25. The molecule has 0 saturated carbocycles. The fourth-order valence-electron chi connectivity index (χ4n) is 9.68. The number of benzene rings is 9. The second kappa shape index (κ2) is 14.0. The molecule has 63 heavy (non-hydrogen) atoms. The Balaban J connectivity index is 1.12. The number of hydrogen-bond acceptors (Lipinski definition) is 4. The van der Waals surface area contributed by atoms with Crippen LogP contribution in [0.2, 0.25) is 0 Å². The molecule has 0 aliphatic heterocycles. The van der Waals surface area contributed by atoms with E-state index >= 15 is 0 Å². The molecule has 0 atom stereocenters. The minimum atomic E-state index is 0.596. The van der Waals surface area contributed by atoms with Crippen LogP contribution >= 0.6 is 0 Å². The van der Waals surface area contributed by atoms with Crippen LogP contribution in [0.3, 0.4) is 0 Å². The van der Waals surface area contributed by atoms with Crippen molar-refractivity contribution in [2.75, 3.05) is 0 Å². The molecule has 6 nitrogen and oxygen atoms in total. The summed E-state index contributed by atoms with van der Waals surface area (Å²) in [4.78, 5) is 15.4. The van der Waals surface area contributed by atoms with Crippen LogP contribution in [0.25, 0.3) is 122 Å². The highest BCUT2D eigenvalue weighted by Crippen LogP contribution is 2.47. The van der Waals surface area contributed by atoms with Crippen molar-refractivity contribution < 1.29 is 4.42 Å². The Hall–Kier alpha value is -8.61. The molecule has 0 N–H and O–H groups in total. The zero-order valence-electron chi connectivity index (χ0n) is 33.9. The molecule has 0 spiro atoms. The van der Waals surface area contributed by atoms with Gasteiger partial charge in [-0.15, -0.1) is 0 Å². The zero-order valence-corrected chi connectivity index (χ0v) is 33.9. The zero-order chi connectivity index (χ0) is 41.4. The molecular formula is C57H35N5O. The largest absolute Gasteiger partial charge is 0.454 e. The molecule has 0 unspecified atom stereocenters. The highest BCUT2D eigenvalue weighted by molar-refractivity contribution is 6.26. The molecule has 0 aliphatic rings. The summed E-state index contributed by atoms with van der Waals surface area (Å²) in [5.74, 6) is 1.83. The topological polar surface area (TPSA) is 61.7 Å². The molecule has 0 radical (unpaired) electrons. The van der Waals surface area contributed by atoms with E-state index in [2.05, 4.69) is 161 Å². The predicted octanol–water partition coefficient (Wildman–Crippen LogP) is 14.6. The van der Waals surface area contributed by atoms with E-state index in [9.17, 15) is 0 Å². The van der Waals surface area contributed by atoms with Gasteiger partial charge in [0.2, 0.25) is 0 Å². The van der Waals surface area contributed by atoms with Gasteiger partial charge < -0.3 is 13.6 Å². The van der Waals surface area contributed by atoms with Gasteiger partial charge in [-0.3, -0.25) is 0 Å². The molecule has 9 aromatic carbocycles. The second-order valence-corrected chi connectivity index (χ2v) is 15.9. The van der Waals surface area contributed by atoms with Gasteiger partial charge in [0.25, 0.3) is 0 Å². The number of rotatable bonds is 6. The van der Waals surface area contributed by atoms with Gasteiger partial charge in [0.1, 0.15) is 5.58 Å². The average Bonchev–Trinajstić information content (AvgIpc) is 4.03. The smallest absolute Gasteiger partial charge is 0.166 e. The van der Waals surface area contributed by atoms with E-state index in [1.54, 1.807) is 0 Å². The SMILES string of the molecule is c1ccc(-c2nc(-c3ccccc3)nc(-c3cccc4c5ccc6c(oc7cccc(-c8cccc9c%10ccccc%10n(-c%10ccccc%10)c89)c76)c5n(-c5ccccc5)c34)n2)cc1. The van der Waals surface area contributed by atoms with Crippen LogP contribution in [0.1, 0.15) is 0 Å². The van der Waals surface area contributed by atoms with Crippen molar-refractivity contribution in [2.45, 2.75) is 0 Å². The van der Waals surface area contributed by atoms with Crippen LogP contribution in [0.15, 0.2) is 217 Å². The summed E-state index contributed by atoms with van der Waals surface area (Å²) in [5, 5.41) is 6.71. The first-order valence-corrected chi connectivity index (χ1v) is 21.2. The van der Waals surface area contributed by atoms with E-state index in [0.717, 1.165) is 88.5 Å². The normalized spacial score (nSPS) is 11.8. The van der Waals surface area contributed by atoms with Crippen molar-refractivity contribution in [3.63, 3.8) is 0 Å². The minimum Gasteiger partial charge on any atom is -0.454 e. The summed E-state index contributed by atoms with van der Waals surface area (Å²) >= 11 is 0. The van der Waals surface area contributed by atoms with Crippen molar-refractivity contribution in [3.8, 4) is 56.7 Å². The first kappa shape index (κ1) is 35.2. The van der Waals surface area contributed by atoms with Gasteiger partial charge in [-0.1, -0.05) is 164 Å². The fraction of sp³-hybridized carbons (Fsp3) is 0. The van der Waals surface area contributed by atoms with Gasteiger partial charge in [0.05, 0.1) is 22.1 Å². The molecule has 4 aromatic heterocycles. The Morgan fingerprint density at radius 1 is 0.317 bits per heavy atom. The van der Waals surface area contributed by atoms with Crippen LogP contribution < -0.4 is 0 Å². The maximum Gasteiger partial charge on any atom is 0.166 e. The summed E-state index contributed by atoms with van der Waals surface area (Å²) in [6.45, 7) is 0. The minimum absolute atomic E-state index is 0.596. The van der Waals surface area contributed by atoms with Gasteiger partial charge in [-0.05, 0) is 54.1 Å². The van der Waals surface area contributed by atoms with Gasteiger partial charge in [-0.25, -0.2) is 15.0 Å². The summed E-state index contributed by atoms with van der Waals surface area (Å²) < 4.78 is 11.9. The van der Waals surface area contributed by atoms with E-state index in [4.69, 9.17) is 19.4 Å². The second-order valence-electron chi connectivity index (χ2n) is 15.9. The van der Waals surface area contributed by atoms with Gasteiger partial charge in [0.15, 0.2) is 23.1 Å². The Kier molecular flexibility index (Phi) is 7.80. The molecule has 13 rings (SSSR count). The number of hydrogen-bond donors (Lipinski definition) is 0. The van der Waals surface area contributed by atoms with Crippen LogP contribution in [-0.4, -0.2) is 24.1 Å². The summed E-state index contributed by atoms with van der Waals surface area (Å²) in [6.07, 6.45) is 0. The number of nitrogens with zero attached hydrogens (tertiary/aromatic N) is 5. The van der Waals surface area contributed by atoms with Gasteiger partial charge in [-0.2, -0.15) is 0 Å². The van der Waals surface area contributed by atoms with E-state index in [-0.39, 0.29) is 0 Å². The molecule has 0 fully saturated rings. The highest BCUT2D eigenvalue weighted by atomic mass is 16.3. The van der Waals surface area contributed by atoms with Crippen molar-refractivity contribution in [3.05, 3.63) is 212 Å². The van der Waals surface area contributed by atoms with E-state index in [0.29, 0.717) is 17.5 Å². The lowest BCUT2D eigenvalue weighted by Crippen LogP contribution is -2.02. The Bertz CT molecular complexity index is 3830. The van der Waals surface area contributed by atoms with Crippen molar-refractivity contribution >= 4 is 65.6 Å². The molecule has 4 heterocycles. The third-order valence-corrected chi connectivity index (χ3v) is 12.4. The predicted molar refractivity (Wildman–Crippen MR) is 258 cm³/mol. The molecule has 294 valence electrons. The standard InChI is InChI=1S/C57H35N5O/c1-5-18-36(19-6-1)55-58-56(37-20-7-2-8-21-37)60-57(59-55)47-31-16-30-44-45-34-35-46-50-41(27-17-33-49(50)63-54(46)53(45)62(52(44)47)39-24-11-4-12-25-39)43-29-15-28-42-40-26-13-14-32-48(40)61(51(42)43)38-22-9-3-10-23-38/h1-35H. The van der Waals surface area contributed by atoms with Gasteiger partial charge >= 0.3 is 0 Å². The Morgan fingerprint density at radius 3 is 1.48 bits per heavy atom. The molecular weight excluding hydrogens is 771 g/mol. The van der Waals surface area contributed by atoms with Gasteiger partial charge in [0, 0.05) is 65.9 Å². The molecule has 0 aliphatic carbocycles. The van der Waals surface area contributed by atoms with Crippen LogP contribution in [-0.2, 0) is 0 Å². The third-order valence-electron chi connectivity index (χ3n) is 12.4. The molecule has 6 heteroatoms. The number of fused-ring (bicyclic) bond motifs is 10. The van der Waals surface area contributed by atoms with E-state index in [1.165, 1.54) is 16.3 Å². The number of aromatic nitrogens is 5. The van der Waals surface area contributed by atoms with Crippen LogP contribution in [0, 0.1) is 0 Å². The summed E-state index contributed by atoms with van der Waals surface area (Å²) in [7, 11) is 0. The fourth-order valence-corrected chi connectivity index (χ4v) is 9.68. The van der Waals surface area contributed by atoms with Crippen molar-refractivity contribution in [1.29, 1.82) is 0 Å². The lowest BCUT2D eigenvalue weighted by atomic mass is 9.96. The first-order chi connectivity index (χ1) is 31.3. The lowest BCUT2D eigenvalue weighted by molar-refractivity contribution is 0.671. The van der Waals surface area contributed by atoms with E-state index < -0.39 is 0 Å². The lowest BCUT2D eigenvalue weighted by Gasteiger charge is -2.13. The van der Waals surface area contributed by atoms with Crippen molar-refractivity contribution in [1.82, 2.24) is 24.1 Å². The molecule has 0 saturated heterocycles. The van der Waals surface area contributed by atoms with E-state index in [1.807, 2.05) is 60.7 Å². The average molecular weight is 806 g/mol. The monoisotopic (exact) mass is 805 g/mol. The van der Waals surface area contributed by atoms with Crippen LogP contribution in [0.4, 0.5) is 0 Å². The third kappa shape index (κ3) is 5.41. The van der Waals surface area contributed by atoms with Crippen LogP contribution in [0.5, 0.6) is 0 Å². The maximum atomic E-state index is 7.14. The first-order valence-electron chi connectivity index (χ1n) is 21.2.